The Labute approximate surface area is 133 Å². The van der Waals surface area contributed by atoms with Gasteiger partial charge in [-0.3, -0.25) is 14.9 Å². The highest BCUT2D eigenvalue weighted by Crippen LogP contribution is 2.32. The lowest BCUT2D eigenvalue weighted by Crippen LogP contribution is -2.15. The smallest absolute Gasteiger partial charge is 0.278 e. The Morgan fingerprint density at radius 3 is 2.61 bits per heavy atom. The zero-order valence-electron chi connectivity index (χ0n) is 12.7. The minimum atomic E-state index is -0.0565. The summed E-state index contributed by atoms with van der Waals surface area (Å²) in [5.41, 5.74) is 5.22. The van der Waals surface area contributed by atoms with Crippen LogP contribution in [0.3, 0.4) is 0 Å². The summed E-state index contributed by atoms with van der Waals surface area (Å²) in [6.07, 6.45) is 3.71. The number of allylic oxidation sites excluding steroid dienone is 1. The number of nitrogens with one attached hydrogen (secondary N) is 1. The number of aryl methyl sites for hydroxylation is 1. The largest absolute Gasteiger partial charge is 0.295 e. The van der Waals surface area contributed by atoms with Gasteiger partial charge in [0.1, 0.15) is 0 Å². The lowest BCUT2D eigenvalue weighted by molar-refractivity contribution is 0.835. The molecular formula is C19H15N3O. The molecule has 1 aliphatic rings. The standard InChI is InChI=1S/C19H15N3O/c1-13-17(11-14-12-20-18-10-6-5-9-16(14)18)19(23)22(21-13)15-7-3-2-4-8-15/h2-12,21H,1H3/b14-11-. The zero-order chi connectivity index (χ0) is 15.8. The van der Waals surface area contributed by atoms with E-state index in [9.17, 15) is 4.79 Å². The summed E-state index contributed by atoms with van der Waals surface area (Å²) in [5.74, 6) is 0. The molecule has 0 unspecified atom stereocenters. The predicted octanol–water partition coefficient (Wildman–Crippen LogP) is 3.73. The Morgan fingerprint density at radius 2 is 1.78 bits per heavy atom. The normalized spacial score (nSPS) is 14.4. The highest BCUT2D eigenvalue weighted by molar-refractivity contribution is 6.21. The van der Waals surface area contributed by atoms with Crippen LogP contribution in [0.2, 0.25) is 0 Å². The van der Waals surface area contributed by atoms with Crippen LogP contribution in [0.4, 0.5) is 5.69 Å². The molecule has 1 N–H and O–H groups in total. The molecule has 3 aromatic rings. The minimum absolute atomic E-state index is 0.0565. The van der Waals surface area contributed by atoms with Crippen molar-refractivity contribution in [1.82, 2.24) is 9.78 Å². The molecular weight excluding hydrogens is 286 g/mol. The Balaban J connectivity index is 1.83. The Kier molecular flexibility index (Phi) is 3.08. The van der Waals surface area contributed by atoms with Crippen molar-refractivity contribution in [3.05, 3.63) is 81.8 Å². The second-order valence-electron chi connectivity index (χ2n) is 5.50. The number of H-pyrrole nitrogens is 1. The number of benzene rings is 2. The van der Waals surface area contributed by atoms with Crippen LogP contribution in [0.5, 0.6) is 0 Å². The third-order valence-electron chi connectivity index (χ3n) is 3.99. The molecule has 2 aromatic carbocycles. The van der Waals surface area contributed by atoms with Gasteiger partial charge in [0.05, 0.1) is 16.9 Å². The number of fused-ring (bicyclic) bond motifs is 1. The van der Waals surface area contributed by atoms with E-state index in [4.69, 9.17) is 0 Å². The van der Waals surface area contributed by atoms with E-state index < -0.39 is 0 Å². The van der Waals surface area contributed by atoms with Crippen molar-refractivity contribution < 1.29 is 0 Å². The molecule has 4 rings (SSSR count). The minimum Gasteiger partial charge on any atom is -0.295 e. The number of rotatable bonds is 2. The molecule has 0 radical (unpaired) electrons. The van der Waals surface area contributed by atoms with Crippen molar-refractivity contribution >= 4 is 23.6 Å². The molecule has 23 heavy (non-hydrogen) atoms. The number of aromatic nitrogens is 2. The Morgan fingerprint density at radius 1 is 1.04 bits per heavy atom. The molecule has 1 aliphatic heterocycles. The van der Waals surface area contributed by atoms with Crippen molar-refractivity contribution in [3.8, 4) is 5.69 Å². The van der Waals surface area contributed by atoms with Crippen LogP contribution in [0.25, 0.3) is 17.3 Å². The predicted molar refractivity (Wildman–Crippen MR) is 93.6 cm³/mol. The van der Waals surface area contributed by atoms with Crippen LogP contribution in [0.15, 0.2) is 64.4 Å². The van der Waals surface area contributed by atoms with Gasteiger partial charge in [-0.15, -0.1) is 0 Å². The summed E-state index contributed by atoms with van der Waals surface area (Å²) in [5, 5.41) is 3.14. The monoisotopic (exact) mass is 301 g/mol. The molecule has 0 fully saturated rings. The maximum Gasteiger partial charge on any atom is 0.278 e. The first-order valence-corrected chi connectivity index (χ1v) is 7.46. The van der Waals surface area contributed by atoms with Crippen LogP contribution in [-0.4, -0.2) is 16.0 Å². The zero-order valence-corrected chi connectivity index (χ0v) is 12.7. The molecule has 112 valence electrons. The van der Waals surface area contributed by atoms with Gasteiger partial charge in [0.25, 0.3) is 5.56 Å². The fourth-order valence-corrected chi connectivity index (χ4v) is 2.80. The first-order chi connectivity index (χ1) is 11.2. The molecule has 0 spiro atoms. The average molecular weight is 301 g/mol. The van der Waals surface area contributed by atoms with Crippen LogP contribution >= 0.6 is 0 Å². The topological polar surface area (TPSA) is 50.1 Å². The maximum absolute atomic E-state index is 12.7. The van der Waals surface area contributed by atoms with Gasteiger partial charge in [0, 0.05) is 23.0 Å². The number of nitrogens with zero attached hydrogens (tertiary/aromatic N) is 2. The molecule has 1 aromatic heterocycles. The third-order valence-corrected chi connectivity index (χ3v) is 3.99. The van der Waals surface area contributed by atoms with Gasteiger partial charge in [0.2, 0.25) is 0 Å². The maximum atomic E-state index is 12.7. The Hall–Kier alpha value is -3.14. The quantitative estimate of drug-likeness (QED) is 0.770. The van der Waals surface area contributed by atoms with E-state index in [2.05, 4.69) is 10.1 Å². The number of aliphatic imine (C=N–C) groups is 1. The van der Waals surface area contributed by atoms with Crippen LogP contribution < -0.4 is 5.56 Å². The fourth-order valence-electron chi connectivity index (χ4n) is 2.80. The highest BCUT2D eigenvalue weighted by Gasteiger charge is 2.15. The van der Waals surface area contributed by atoms with Crippen LogP contribution in [-0.2, 0) is 0 Å². The molecule has 0 saturated carbocycles. The summed E-state index contributed by atoms with van der Waals surface area (Å²) in [6, 6.07) is 17.5. The molecule has 2 heterocycles. The van der Waals surface area contributed by atoms with Gasteiger partial charge in [-0.2, -0.15) is 0 Å². The fraction of sp³-hybridized carbons (Fsp3) is 0.0526. The van der Waals surface area contributed by atoms with Crippen LogP contribution in [0, 0.1) is 6.92 Å². The van der Waals surface area contributed by atoms with E-state index in [1.54, 1.807) is 4.68 Å². The summed E-state index contributed by atoms with van der Waals surface area (Å²) in [7, 11) is 0. The second kappa shape index (κ2) is 5.25. The van der Waals surface area contributed by atoms with Crippen LogP contribution in [0.1, 0.15) is 16.8 Å². The van der Waals surface area contributed by atoms with Gasteiger partial charge in [-0.25, -0.2) is 4.68 Å². The Bertz CT molecular complexity index is 991. The average Bonchev–Trinajstić information content (AvgIpc) is 3.12. The first kappa shape index (κ1) is 13.5. The number of para-hydroxylation sites is 2. The van der Waals surface area contributed by atoms with E-state index in [1.165, 1.54) is 0 Å². The van der Waals surface area contributed by atoms with Gasteiger partial charge in [-0.1, -0.05) is 36.4 Å². The third kappa shape index (κ3) is 2.25. The highest BCUT2D eigenvalue weighted by atomic mass is 16.1. The lowest BCUT2D eigenvalue weighted by Gasteiger charge is -1.99. The SMILES string of the molecule is Cc1[nH]n(-c2ccccc2)c(=O)c1/C=C1/C=Nc2ccccc21. The van der Waals surface area contributed by atoms with E-state index in [1.807, 2.05) is 73.8 Å². The van der Waals surface area contributed by atoms with Gasteiger partial charge in [0.15, 0.2) is 0 Å². The van der Waals surface area contributed by atoms with Crippen molar-refractivity contribution in [2.75, 3.05) is 0 Å². The van der Waals surface area contributed by atoms with Crippen molar-refractivity contribution in [2.45, 2.75) is 6.92 Å². The van der Waals surface area contributed by atoms with E-state index in [0.717, 1.165) is 28.2 Å². The molecule has 0 atom stereocenters. The van der Waals surface area contributed by atoms with Crippen molar-refractivity contribution in [1.29, 1.82) is 0 Å². The van der Waals surface area contributed by atoms with E-state index in [0.29, 0.717) is 5.56 Å². The number of hydrogen-bond acceptors (Lipinski definition) is 2. The second-order valence-corrected chi connectivity index (χ2v) is 5.50. The molecule has 0 bridgehead atoms. The first-order valence-electron chi connectivity index (χ1n) is 7.46. The van der Waals surface area contributed by atoms with Crippen molar-refractivity contribution in [3.63, 3.8) is 0 Å². The summed E-state index contributed by atoms with van der Waals surface area (Å²) in [4.78, 5) is 17.1. The lowest BCUT2D eigenvalue weighted by atomic mass is 10.0. The summed E-state index contributed by atoms with van der Waals surface area (Å²) >= 11 is 0. The molecule has 4 heteroatoms. The van der Waals surface area contributed by atoms with Gasteiger partial charge in [-0.05, 0) is 31.2 Å². The van der Waals surface area contributed by atoms with Gasteiger partial charge >= 0.3 is 0 Å². The molecule has 0 amide bonds. The van der Waals surface area contributed by atoms with Crippen molar-refractivity contribution in [2.24, 2.45) is 4.99 Å². The molecule has 0 aliphatic carbocycles. The summed E-state index contributed by atoms with van der Waals surface area (Å²) < 4.78 is 1.57. The van der Waals surface area contributed by atoms with E-state index >= 15 is 0 Å². The van der Waals surface area contributed by atoms with Gasteiger partial charge < -0.3 is 0 Å². The number of aromatic amines is 1. The number of hydrogen-bond donors (Lipinski definition) is 1. The molecule has 4 nitrogen and oxygen atoms in total. The van der Waals surface area contributed by atoms with E-state index in [-0.39, 0.29) is 5.56 Å². The molecule has 0 saturated heterocycles. The summed E-state index contributed by atoms with van der Waals surface area (Å²) in [6.45, 7) is 1.91.